The van der Waals surface area contributed by atoms with Gasteiger partial charge < -0.3 is 15.5 Å². The Kier molecular flexibility index (Phi) is 5.12. The van der Waals surface area contributed by atoms with Crippen LogP contribution in [-0.2, 0) is 4.79 Å². The van der Waals surface area contributed by atoms with Crippen molar-refractivity contribution < 1.29 is 4.79 Å². The molecule has 0 aliphatic carbocycles. The summed E-state index contributed by atoms with van der Waals surface area (Å²) < 4.78 is 0. The molecule has 1 aliphatic heterocycles. The fourth-order valence-electron chi connectivity index (χ4n) is 2.76. The lowest BCUT2D eigenvalue weighted by Crippen LogP contribution is -2.27. The second-order valence-corrected chi connectivity index (χ2v) is 6.21. The van der Waals surface area contributed by atoms with E-state index in [1.807, 2.05) is 19.1 Å². The minimum absolute atomic E-state index is 0.00743. The second-order valence-electron chi connectivity index (χ2n) is 5.80. The molecule has 0 radical (unpaired) electrons. The maximum atomic E-state index is 12.0. The van der Waals surface area contributed by atoms with Gasteiger partial charge in [0.05, 0.1) is 10.7 Å². The Morgan fingerprint density at radius 1 is 1.38 bits per heavy atom. The third-order valence-electron chi connectivity index (χ3n) is 3.67. The molecule has 0 fully saturated rings. The first kappa shape index (κ1) is 16.1. The van der Waals surface area contributed by atoms with E-state index in [0.717, 1.165) is 36.6 Å². The van der Waals surface area contributed by atoms with Gasteiger partial charge in [0.25, 0.3) is 0 Å². The molecule has 1 heterocycles. The quantitative estimate of drug-likeness (QED) is 0.846. The van der Waals surface area contributed by atoms with Gasteiger partial charge in [0.1, 0.15) is 6.04 Å². The number of likely N-dealkylation sites (N-methyl/N-ethyl adjacent to an activating group) is 1. The van der Waals surface area contributed by atoms with Crippen LogP contribution in [0.1, 0.15) is 39.3 Å². The Morgan fingerprint density at radius 2 is 2.10 bits per heavy atom. The molecule has 0 aromatic heterocycles. The average Bonchev–Trinajstić information content (AvgIpc) is 2.72. The molecule has 0 spiro atoms. The average molecular weight is 310 g/mol. The zero-order valence-corrected chi connectivity index (χ0v) is 13.9. The van der Waals surface area contributed by atoms with Crippen molar-refractivity contribution in [3.8, 4) is 0 Å². The first-order valence-corrected chi connectivity index (χ1v) is 7.98. The Morgan fingerprint density at radius 3 is 2.67 bits per heavy atom. The maximum absolute atomic E-state index is 12.0. The van der Waals surface area contributed by atoms with E-state index < -0.39 is 0 Å². The van der Waals surface area contributed by atoms with Crippen molar-refractivity contribution >= 4 is 28.9 Å². The van der Waals surface area contributed by atoms with Crippen LogP contribution >= 0.6 is 11.6 Å². The minimum Gasteiger partial charge on any atom is -0.370 e. The third kappa shape index (κ3) is 3.33. The van der Waals surface area contributed by atoms with Gasteiger partial charge in [-0.2, -0.15) is 0 Å². The van der Waals surface area contributed by atoms with Crippen molar-refractivity contribution in [1.82, 2.24) is 5.32 Å². The number of rotatable bonds is 6. The standard InChI is InChI=1S/C16H24ClN3O/c1-5-18-15-11-7-12(17)14(8-13(11)19-16(15)21)20(6-2)9-10(3)4/h7-8,10,15,18H,5-6,9H2,1-4H3,(H,19,21). The number of carbonyl (C=O) groups excluding carboxylic acids is 1. The van der Waals surface area contributed by atoms with Gasteiger partial charge in [-0.3, -0.25) is 4.79 Å². The molecule has 1 aromatic rings. The monoisotopic (exact) mass is 309 g/mol. The Hall–Kier alpha value is -1.26. The maximum Gasteiger partial charge on any atom is 0.246 e. The number of halogens is 1. The molecule has 1 atom stereocenters. The van der Waals surface area contributed by atoms with Crippen LogP contribution < -0.4 is 15.5 Å². The van der Waals surface area contributed by atoms with Crippen molar-refractivity contribution in [2.75, 3.05) is 29.9 Å². The van der Waals surface area contributed by atoms with Crippen molar-refractivity contribution in [2.45, 2.75) is 33.7 Å². The van der Waals surface area contributed by atoms with Crippen LogP contribution in [0.2, 0.25) is 5.02 Å². The highest BCUT2D eigenvalue weighted by Gasteiger charge is 2.31. The van der Waals surface area contributed by atoms with Crippen molar-refractivity contribution in [2.24, 2.45) is 5.92 Å². The summed E-state index contributed by atoms with van der Waals surface area (Å²) in [6.07, 6.45) is 0. The number of anilines is 2. The summed E-state index contributed by atoms with van der Waals surface area (Å²) in [6.45, 7) is 11.1. The van der Waals surface area contributed by atoms with E-state index in [1.165, 1.54) is 0 Å². The second kappa shape index (κ2) is 6.67. The number of benzene rings is 1. The van der Waals surface area contributed by atoms with Gasteiger partial charge in [-0.1, -0.05) is 32.4 Å². The molecule has 116 valence electrons. The number of nitrogens with zero attached hydrogens (tertiary/aromatic N) is 1. The molecule has 0 saturated heterocycles. The Bertz CT molecular complexity index is 530. The zero-order valence-electron chi connectivity index (χ0n) is 13.2. The number of nitrogens with one attached hydrogen (secondary N) is 2. The van der Waals surface area contributed by atoms with E-state index in [9.17, 15) is 4.79 Å². The molecule has 21 heavy (non-hydrogen) atoms. The minimum atomic E-state index is -0.295. The van der Waals surface area contributed by atoms with Crippen LogP contribution in [0.4, 0.5) is 11.4 Å². The molecular formula is C16H24ClN3O. The summed E-state index contributed by atoms with van der Waals surface area (Å²) in [5, 5.41) is 6.84. The third-order valence-corrected chi connectivity index (χ3v) is 3.97. The number of amides is 1. The van der Waals surface area contributed by atoms with Gasteiger partial charge in [0.15, 0.2) is 0 Å². The first-order chi connectivity index (χ1) is 9.97. The molecule has 5 heteroatoms. The largest absolute Gasteiger partial charge is 0.370 e. The summed E-state index contributed by atoms with van der Waals surface area (Å²) >= 11 is 6.47. The highest BCUT2D eigenvalue weighted by atomic mass is 35.5. The number of hydrogen-bond donors (Lipinski definition) is 2. The van der Waals surface area contributed by atoms with Crippen LogP contribution in [-0.4, -0.2) is 25.5 Å². The van der Waals surface area contributed by atoms with Crippen LogP contribution in [0.15, 0.2) is 12.1 Å². The molecule has 2 N–H and O–H groups in total. The van der Waals surface area contributed by atoms with E-state index >= 15 is 0 Å². The molecule has 1 amide bonds. The van der Waals surface area contributed by atoms with Crippen molar-refractivity contribution in [3.05, 3.63) is 22.7 Å². The number of hydrogen-bond acceptors (Lipinski definition) is 3. The topological polar surface area (TPSA) is 44.4 Å². The summed E-state index contributed by atoms with van der Waals surface area (Å²) in [4.78, 5) is 14.3. The van der Waals surface area contributed by atoms with Gasteiger partial charge in [0.2, 0.25) is 5.91 Å². The van der Waals surface area contributed by atoms with Gasteiger partial charge in [0, 0.05) is 24.3 Å². The molecule has 0 bridgehead atoms. The van der Waals surface area contributed by atoms with Gasteiger partial charge in [-0.05, 0) is 31.5 Å². The molecule has 1 unspecified atom stereocenters. The van der Waals surface area contributed by atoms with E-state index in [-0.39, 0.29) is 11.9 Å². The molecule has 1 aromatic carbocycles. The fourth-order valence-corrected chi connectivity index (χ4v) is 3.05. The van der Waals surface area contributed by atoms with Gasteiger partial charge in [-0.15, -0.1) is 0 Å². The Balaban J connectivity index is 2.36. The summed E-state index contributed by atoms with van der Waals surface area (Å²) in [7, 11) is 0. The number of carbonyl (C=O) groups is 1. The fraction of sp³-hybridized carbons (Fsp3) is 0.562. The highest BCUT2D eigenvalue weighted by Crippen LogP contribution is 2.39. The van der Waals surface area contributed by atoms with Gasteiger partial charge in [-0.25, -0.2) is 0 Å². The zero-order chi connectivity index (χ0) is 15.6. The lowest BCUT2D eigenvalue weighted by atomic mass is 10.1. The van der Waals surface area contributed by atoms with Crippen LogP contribution in [0.5, 0.6) is 0 Å². The normalized spacial score (nSPS) is 17.0. The Labute approximate surface area is 131 Å². The molecule has 1 aliphatic rings. The lowest BCUT2D eigenvalue weighted by molar-refractivity contribution is -0.117. The van der Waals surface area contributed by atoms with Gasteiger partial charge >= 0.3 is 0 Å². The van der Waals surface area contributed by atoms with E-state index in [2.05, 4.69) is 36.3 Å². The van der Waals surface area contributed by atoms with Crippen LogP contribution in [0.3, 0.4) is 0 Å². The van der Waals surface area contributed by atoms with Crippen molar-refractivity contribution in [3.63, 3.8) is 0 Å². The smallest absolute Gasteiger partial charge is 0.246 e. The molecule has 2 rings (SSSR count). The molecular weight excluding hydrogens is 286 g/mol. The predicted molar refractivity (Wildman–Crippen MR) is 89.2 cm³/mol. The summed E-state index contributed by atoms with van der Waals surface area (Å²) in [6, 6.07) is 3.62. The van der Waals surface area contributed by atoms with E-state index in [1.54, 1.807) is 0 Å². The van der Waals surface area contributed by atoms with E-state index in [4.69, 9.17) is 11.6 Å². The SMILES string of the molecule is CCNC1C(=O)Nc2cc(N(CC)CC(C)C)c(Cl)cc21. The highest BCUT2D eigenvalue weighted by molar-refractivity contribution is 6.33. The first-order valence-electron chi connectivity index (χ1n) is 7.60. The summed E-state index contributed by atoms with van der Waals surface area (Å²) in [5.41, 5.74) is 2.80. The molecule has 4 nitrogen and oxygen atoms in total. The summed E-state index contributed by atoms with van der Waals surface area (Å²) in [5.74, 6) is 0.547. The van der Waals surface area contributed by atoms with Crippen molar-refractivity contribution in [1.29, 1.82) is 0 Å². The van der Waals surface area contributed by atoms with Crippen LogP contribution in [0.25, 0.3) is 0 Å². The van der Waals surface area contributed by atoms with E-state index in [0.29, 0.717) is 10.9 Å². The lowest BCUT2D eigenvalue weighted by Gasteiger charge is -2.27. The predicted octanol–water partition coefficient (Wildman–Crippen LogP) is 3.43. The van der Waals surface area contributed by atoms with Crippen LogP contribution in [0, 0.1) is 5.92 Å². The molecule has 0 saturated carbocycles. The number of fused-ring (bicyclic) bond motifs is 1.